The summed E-state index contributed by atoms with van der Waals surface area (Å²) in [6, 6.07) is 8.42. The van der Waals surface area contributed by atoms with E-state index in [4.69, 9.17) is 11.6 Å². The van der Waals surface area contributed by atoms with Gasteiger partial charge in [-0.15, -0.1) is 11.3 Å². The van der Waals surface area contributed by atoms with E-state index in [-0.39, 0.29) is 27.4 Å². The van der Waals surface area contributed by atoms with E-state index < -0.39 is 10.0 Å². The molecule has 0 saturated carbocycles. The van der Waals surface area contributed by atoms with E-state index in [2.05, 4.69) is 23.2 Å². The lowest BCUT2D eigenvalue weighted by Gasteiger charge is -2.36. The second-order valence-electron chi connectivity index (χ2n) is 7.89. The first kappa shape index (κ1) is 23.2. The van der Waals surface area contributed by atoms with E-state index >= 15 is 0 Å². The Kier molecular flexibility index (Phi) is 7.57. The summed E-state index contributed by atoms with van der Waals surface area (Å²) in [5, 5.41) is 5.25. The summed E-state index contributed by atoms with van der Waals surface area (Å²) >= 11 is 7.90. The molecule has 0 spiro atoms. The summed E-state index contributed by atoms with van der Waals surface area (Å²) in [6.07, 6.45) is 2.29. The van der Waals surface area contributed by atoms with E-state index in [9.17, 15) is 13.2 Å². The number of thiophene rings is 1. The lowest BCUT2D eigenvalue weighted by atomic mass is 9.97. The molecule has 2 heterocycles. The van der Waals surface area contributed by atoms with Crippen LogP contribution in [-0.2, 0) is 10.0 Å². The molecule has 3 rings (SSSR count). The van der Waals surface area contributed by atoms with E-state index in [1.165, 1.54) is 37.2 Å². The van der Waals surface area contributed by atoms with Gasteiger partial charge in [-0.05, 0) is 61.5 Å². The highest BCUT2D eigenvalue weighted by atomic mass is 35.5. The highest BCUT2D eigenvalue weighted by Gasteiger charge is 2.27. The zero-order chi connectivity index (χ0) is 21.9. The molecule has 1 atom stereocenters. The normalized spacial score (nSPS) is 17.2. The fourth-order valence-electron chi connectivity index (χ4n) is 3.57. The minimum atomic E-state index is -3.65. The Balaban J connectivity index is 1.77. The standard InChI is InChI=1S/C21H28ClN3O3S2/c1-15-8-10-25(11-9-15)19(20-5-4-12-29-20)14-23-21(26)17-13-16(6-7-18(17)22)30(27,28)24(2)3/h4-7,12-13,15,19H,8-11,14H2,1-3H3,(H,23,26). The topological polar surface area (TPSA) is 69.7 Å². The van der Waals surface area contributed by atoms with Crippen molar-refractivity contribution in [2.75, 3.05) is 33.7 Å². The van der Waals surface area contributed by atoms with E-state index in [1.807, 2.05) is 11.4 Å². The Morgan fingerprint density at radius 2 is 2.00 bits per heavy atom. The zero-order valence-corrected chi connectivity index (χ0v) is 19.9. The number of rotatable bonds is 7. The number of sulfonamides is 1. The minimum absolute atomic E-state index is 0.0434. The van der Waals surface area contributed by atoms with E-state index in [1.54, 1.807) is 11.3 Å². The first-order valence-corrected chi connectivity index (χ1v) is 12.7. The lowest BCUT2D eigenvalue weighted by molar-refractivity contribution is 0.0915. The number of piperidine rings is 1. The van der Waals surface area contributed by atoms with Crippen molar-refractivity contribution in [3.05, 3.63) is 51.2 Å². The summed E-state index contributed by atoms with van der Waals surface area (Å²) in [5.74, 6) is 0.350. The third-order valence-electron chi connectivity index (χ3n) is 5.55. The molecule has 0 radical (unpaired) electrons. The quantitative estimate of drug-likeness (QED) is 0.668. The van der Waals surface area contributed by atoms with Gasteiger partial charge in [0.25, 0.3) is 5.91 Å². The van der Waals surface area contributed by atoms with Gasteiger partial charge in [0.05, 0.1) is 21.5 Å². The SMILES string of the molecule is CC1CCN(C(CNC(=O)c2cc(S(=O)(=O)N(C)C)ccc2Cl)c2cccs2)CC1. The molecule has 9 heteroatoms. The van der Waals surface area contributed by atoms with Crippen molar-refractivity contribution >= 4 is 38.9 Å². The molecule has 1 aromatic heterocycles. The van der Waals surface area contributed by atoms with Crippen LogP contribution in [0.25, 0.3) is 0 Å². The maximum atomic E-state index is 12.9. The van der Waals surface area contributed by atoms with Crippen molar-refractivity contribution in [3.8, 4) is 0 Å². The average Bonchev–Trinajstić information content (AvgIpc) is 3.24. The smallest absolute Gasteiger partial charge is 0.252 e. The van der Waals surface area contributed by atoms with E-state index in [0.717, 1.165) is 36.2 Å². The van der Waals surface area contributed by atoms with Gasteiger partial charge in [0.1, 0.15) is 0 Å². The van der Waals surface area contributed by atoms with Crippen molar-refractivity contribution in [3.63, 3.8) is 0 Å². The molecule has 1 aliphatic heterocycles. The van der Waals surface area contributed by atoms with Crippen molar-refractivity contribution in [1.29, 1.82) is 0 Å². The molecule has 0 aliphatic carbocycles. The highest BCUT2D eigenvalue weighted by molar-refractivity contribution is 7.89. The fraction of sp³-hybridized carbons (Fsp3) is 0.476. The molecular formula is C21H28ClN3O3S2. The van der Waals surface area contributed by atoms with E-state index in [0.29, 0.717) is 6.54 Å². The second kappa shape index (κ2) is 9.78. The Bertz CT molecular complexity index is 969. The van der Waals surface area contributed by atoms with Gasteiger partial charge >= 0.3 is 0 Å². The molecule has 1 aliphatic rings. The number of halogens is 1. The number of hydrogen-bond donors (Lipinski definition) is 1. The van der Waals surface area contributed by atoms with Crippen LogP contribution < -0.4 is 5.32 Å². The van der Waals surface area contributed by atoms with Crippen LogP contribution >= 0.6 is 22.9 Å². The van der Waals surface area contributed by atoms with Crippen LogP contribution in [-0.4, -0.2) is 57.3 Å². The Morgan fingerprint density at radius 3 is 2.60 bits per heavy atom. The number of hydrogen-bond acceptors (Lipinski definition) is 5. The molecule has 0 bridgehead atoms. The number of nitrogens with zero attached hydrogens (tertiary/aromatic N) is 2. The Hall–Kier alpha value is -1.45. The van der Waals surface area contributed by atoms with Crippen LogP contribution in [0.3, 0.4) is 0 Å². The van der Waals surface area contributed by atoms with Gasteiger partial charge in [0.15, 0.2) is 0 Å². The second-order valence-corrected chi connectivity index (χ2v) is 11.4. The molecule has 6 nitrogen and oxygen atoms in total. The molecule has 1 aromatic carbocycles. The molecule has 1 N–H and O–H groups in total. The third-order valence-corrected chi connectivity index (χ3v) is 8.66. The molecule has 1 amide bonds. The monoisotopic (exact) mass is 469 g/mol. The molecule has 164 valence electrons. The van der Waals surface area contributed by atoms with Gasteiger partial charge in [-0.1, -0.05) is 24.6 Å². The minimum Gasteiger partial charge on any atom is -0.350 e. The molecule has 2 aromatic rings. The summed E-state index contributed by atoms with van der Waals surface area (Å²) in [7, 11) is -0.744. The van der Waals surface area contributed by atoms with Crippen LogP contribution in [0, 0.1) is 5.92 Å². The van der Waals surface area contributed by atoms with Crippen molar-refractivity contribution in [2.24, 2.45) is 5.92 Å². The molecule has 1 unspecified atom stereocenters. The first-order valence-electron chi connectivity index (χ1n) is 9.98. The lowest BCUT2D eigenvalue weighted by Crippen LogP contribution is -2.41. The average molecular weight is 470 g/mol. The number of carbonyl (C=O) groups is 1. The zero-order valence-electron chi connectivity index (χ0n) is 17.5. The van der Waals surface area contributed by atoms with Crippen molar-refractivity contribution in [1.82, 2.24) is 14.5 Å². The maximum absolute atomic E-state index is 12.9. The van der Waals surface area contributed by atoms with Crippen LogP contribution in [0.2, 0.25) is 5.02 Å². The van der Waals surface area contributed by atoms with Crippen LogP contribution in [0.1, 0.15) is 41.0 Å². The molecule has 30 heavy (non-hydrogen) atoms. The molecule has 1 saturated heterocycles. The van der Waals surface area contributed by atoms with Gasteiger partial charge in [0.2, 0.25) is 10.0 Å². The fourth-order valence-corrected chi connectivity index (χ4v) is 5.56. The number of amides is 1. The summed E-state index contributed by atoms with van der Waals surface area (Å²) in [4.78, 5) is 16.6. The predicted molar refractivity (Wildman–Crippen MR) is 122 cm³/mol. The molecule has 1 fully saturated rings. The number of nitrogens with one attached hydrogen (secondary N) is 1. The summed E-state index contributed by atoms with van der Waals surface area (Å²) in [5.41, 5.74) is 0.164. The van der Waals surface area contributed by atoms with Crippen LogP contribution in [0.5, 0.6) is 0 Å². The van der Waals surface area contributed by atoms with Crippen molar-refractivity contribution in [2.45, 2.75) is 30.7 Å². The number of likely N-dealkylation sites (tertiary alicyclic amines) is 1. The van der Waals surface area contributed by atoms with Gasteiger partial charge in [0, 0.05) is 25.5 Å². The largest absolute Gasteiger partial charge is 0.350 e. The van der Waals surface area contributed by atoms with Crippen molar-refractivity contribution < 1.29 is 13.2 Å². The van der Waals surface area contributed by atoms with Gasteiger partial charge in [-0.25, -0.2) is 12.7 Å². The maximum Gasteiger partial charge on any atom is 0.252 e. The summed E-state index contributed by atoms with van der Waals surface area (Å²) in [6.45, 7) is 4.71. The number of carbonyl (C=O) groups excluding carboxylic acids is 1. The molecular weight excluding hydrogens is 442 g/mol. The Morgan fingerprint density at radius 1 is 1.30 bits per heavy atom. The summed E-state index contributed by atoms with van der Waals surface area (Å²) < 4.78 is 26.0. The number of benzene rings is 1. The third kappa shape index (κ3) is 5.23. The Labute approximate surface area is 187 Å². The van der Waals surface area contributed by atoms with Gasteiger partial charge in [-0.3, -0.25) is 9.69 Å². The van der Waals surface area contributed by atoms with Gasteiger partial charge in [-0.2, -0.15) is 0 Å². The predicted octanol–water partition coefficient (Wildman–Crippen LogP) is 3.85. The van der Waals surface area contributed by atoms with Crippen LogP contribution in [0.15, 0.2) is 40.6 Å². The van der Waals surface area contributed by atoms with Crippen LogP contribution in [0.4, 0.5) is 0 Å². The highest BCUT2D eigenvalue weighted by Crippen LogP contribution is 2.29. The van der Waals surface area contributed by atoms with Gasteiger partial charge < -0.3 is 5.32 Å². The first-order chi connectivity index (χ1) is 14.2.